The molecule has 2 atom stereocenters. The number of carboxylic acids is 1. The SMILES string of the molecule is Cc1cccc(Cl)c1CN1CC[C@H](C(=O)O)[C@H](O)C1. The number of carbonyl (C=O) groups is 1. The van der Waals surface area contributed by atoms with Gasteiger partial charge in [-0.1, -0.05) is 23.7 Å². The minimum absolute atomic E-state index is 0.377. The normalized spacial score (nSPS) is 24.4. The molecular formula is C14H18ClNO3. The van der Waals surface area contributed by atoms with Crippen LogP contribution in [0.5, 0.6) is 0 Å². The van der Waals surface area contributed by atoms with Gasteiger partial charge in [-0.3, -0.25) is 9.69 Å². The molecule has 2 rings (SSSR count). The van der Waals surface area contributed by atoms with Crippen LogP contribution in [0.3, 0.4) is 0 Å². The summed E-state index contributed by atoms with van der Waals surface area (Å²) in [6.45, 7) is 3.69. The van der Waals surface area contributed by atoms with Crippen LogP contribution in [0.25, 0.3) is 0 Å². The van der Waals surface area contributed by atoms with Gasteiger partial charge >= 0.3 is 5.97 Å². The van der Waals surface area contributed by atoms with Crippen LogP contribution in [-0.2, 0) is 11.3 Å². The number of hydrogen-bond donors (Lipinski definition) is 2. The summed E-state index contributed by atoms with van der Waals surface area (Å²) in [6.07, 6.45) is -0.339. The van der Waals surface area contributed by atoms with Crippen LogP contribution in [-0.4, -0.2) is 40.3 Å². The number of halogens is 1. The van der Waals surface area contributed by atoms with E-state index in [4.69, 9.17) is 16.7 Å². The minimum atomic E-state index is -0.916. The van der Waals surface area contributed by atoms with E-state index in [0.717, 1.165) is 16.1 Å². The second kappa shape index (κ2) is 5.90. The van der Waals surface area contributed by atoms with Gasteiger partial charge in [-0.25, -0.2) is 0 Å². The molecular weight excluding hydrogens is 266 g/mol. The topological polar surface area (TPSA) is 60.8 Å². The second-order valence-corrected chi connectivity index (χ2v) is 5.48. The van der Waals surface area contributed by atoms with Crippen molar-refractivity contribution in [2.75, 3.05) is 13.1 Å². The lowest BCUT2D eigenvalue weighted by Gasteiger charge is -2.34. The van der Waals surface area contributed by atoms with Crippen molar-refractivity contribution in [1.82, 2.24) is 4.90 Å². The summed E-state index contributed by atoms with van der Waals surface area (Å²) in [7, 11) is 0. The highest BCUT2D eigenvalue weighted by molar-refractivity contribution is 6.31. The van der Waals surface area contributed by atoms with E-state index in [-0.39, 0.29) is 0 Å². The van der Waals surface area contributed by atoms with E-state index in [0.29, 0.717) is 26.1 Å². The second-order valence-electron chi connectivity index (χ2n) is 5.07. The van der Waals surface area contributed by atoms with Gasteiger partial charge in [-0.05, 0) is 37.1 Å². The number of aliphatic carboxylic acids is 1. The number of β-amino-alcohol motifs (C(OH)–C–C–N with tert-alkyl or cyclic N) is 1. The maximum Gasteiger partial charge on any atom is 0.309 e. The predicted molar refractivity (Wildman–Crippen MR) is 73.2 cm³/mol. The Hall–Kier alpha value is -1.10. The number of aryl methyl sites for hydroxylation is 1. The van der Waals surface area contributed by atoms with Gasteiger partial charge in [0.05, 0.1) is 12.0 Å². The molecule has 104 valence electrons. The fraction of sp³-hybridized carbons (Fsp3) is 0.500. The molecule has 1 fully saturated rings. The fourth-order valence-corrected chi connectivity index (χ4v) is 2.80. The Balaban J connectivity index is 2.04. The maximum absolute atomic E-state index is 10.9. The standard InChI is InChI=1S/C14H18ClNO3/c1-9-3-2-4-12(15)11(9)7-16-6-5-10(14(18)19)13(17)8-16/h2-4,10,13,17H,5-8H2,1H3,(H,18,19)/t10-,13+/m0/s1. The molecule has 5 heteroatoms. The van der Waals surface area contributed by atoms with Crippen molar-refractivity contribution in [3.05, 3.63) is 34.3 Å². The number of aliphatic hydroxyl groups excluding tert-OH is 1. The maximum atomic E-state index is 10.9. The van der Waals surface area contributed by atoms with Crippen molar-refractivity contribution >= 4 is 17.6 Å². The highest BCUT2D eigenvalue weighted by Gasteiger charge is 2.32. The molecule has 1 aromatic rings. The highest BCUT2D eigenvalue weighted by atomic mass is 35.5. The van der Waals surface area contributed by atoms with E-state index in [2.05, 4.69) is 4.90 Å². The van der Waals surface area contributed by atoms with Crippen LogP contribution in [0.15, 0.2) is 18.2 Å². The Morgan fingerprint density at radius 2 is 2.26 bits per heavy atom. The van der Waals surface area contributed by atoms with E-state index in [9.17, 15) is 9.90 Å². The van der Waals surface area contributed by atoms with E-state index >= 15 is 0 Å². The van der Waals surface area contributed by atoms with Gasteiger partial charge < -0.3 is 10.2 Å². The van der Waals surface area contributed by atoms with Crippen molar-refractivity contribution in [3.8, 4) is 0 Å². The predicted octanol–water partition coefficient (Wildman–Crippen LogP) is 1.92. The Morgan fingerprint density at radius 3 is 2.84 bits per heavy atom. The van der Waals surface area contributed by atoms with Gasteiger partial charge in [-0.15, -0.1) is 0 Å². The number of benzene rings is 1. The van der Waals surface area contributed by atoms with Crippen molar-refractivity contribution in [2.24, 2.45) is 5.92 Å². The molecule has 1 aliphatic heterocycles. The first-order valence-electron chi connectivity index (χ1n) is 6.36. The summed E-state index contributed by atoms with van der Waals surface area (Å²) in [6, 6.07) is 5.76. The summed E-state index contributed by atoms with van der Waals surface area (Å²) in [5.41, 5.74) is 2.16. The van der Waals surface area contributed by atoms with Gasteiger partial charge in [0.2, 0.25) is 0 Å². The lowest BCUT2D eigenvalue weighted by atomic mass is 9.93. The Bertz CT molecular complexity index is 458. The quantitative estimate of drug-likeness (QED) is 0.890. The smallest absolute Gasteiger partial charge is 0.309 e. The van der Waals surface area contributed by atoms with Gasteiger partial charge in [0.25, 0.3) is 0 Å². The lowest BCUT2D eigenvalue weighted by molar-refractivity contribution is -0.148. The number of piperidine rings is 1. The lowest BCUT2D eigenvalue weighted by Crippen LogP contribution is -2.46. The molecule has 0 aliphatic carbocycles. The molecule has 1 aromatic carbocycles. The Labute approximate surface area is 117 Å². The molecule has 0 radical (unpaired) electrons. The van der Waals surface area contributed by atoms with Gasteiger partial charge in [0, 0.05) is 18.1 Å². The highest BCUT2D eigenvalue weighted by Crippen LogP contribution is 2.24. The molecule has 0 bridgehead atoms. The molecule has 4 nitrogen and oxygen atoms in total. The molecule has 0 unspecified atom stereocenters. The van der Waals surface area contributed by atoms with E-state index in [1.807, 2.05) is 25.1 Å². The van der Waals surface area contributed by atoms with Gasteiger partial charge in [-0.2, -0.15) is 0 Å². The first-order chi connectivity index (χ1) is 8.99. The number of likely N-dealkylation sites (tertiary alicyclic amines) is 1. The fourth-order valence-electron chi connectivity index (χ4n) is 2.52. The molecule has 2 N–H and O–H groups in total. The van der Waals surface area contributed by atoms with Crippen molar-refractivity contribution in [2.45, 2.75) is 26.0 Å². The summed E-state index contributed by atoms with van der Waals surface area (Å²) >= 11 is 6.18. The average molecular weight is 284 g/mol. The van der Waals surface area contributed by atoms with Crippen LogP contribution in [0.2, 0.25) is 5.02 Å². The largest absolute Gasteiger partial charge is 0.481 e. The average Bonchev–Trinajstić information content (AvgIpc) is 2.33. The Kier molecular flexibility index (Phi) is 4.45. The molecule has 0 spiro atoms. The molecule has 19 heavy (non-hydrogen) atoms. The third kappa shape index (κ3) is 3.26. The van der Waals surface area contributed by atoms with Crippen molar-refractivity contribution in [3.63, 3.8) is 0 Å². The number of hydrogen-bond acceptors (Lipinski definition) is 3. The van der Waals surface area contributed by atoms with Crippen LogP contribution in [0, 0.1) is 12.8 Å². The van der Waals surface area contributed by atoms with E-state index < -0.39 is 18.0 Å². The third-order valence-corrected chi connectivity index (χ3v) is 4.07. The summed E-state index contributed by atoms with van der Waals surface area (Å²) < 4.78 is 0. The zero-order valence-electron chi connectivity index (χ0n) is 10.8. The first kappa shape index (κ1) is 14.3. The monoisotopic (exact) mass is 283 g/mol. The van der Waals surface area contributed by atoms with Crippen LogP contribution < -0.4 is 0 Å². The van der Waals surface area contributed by atoms with Crippen LogP contribution >= 0.6 is 11.6 Å². The summed E-state index contributed by atoms with van der Waals surface area (Å²) in [4.78, 5) is 13.0. The zero-order chi connectivity index (χ0) is 14.0. The third-order valence-electron chi connectivity index (χ3n) is 3.72. The van der Waals surface area contributed by atoms with Crippen molar-refractivity contribution < 1.29 is 15.0 Å². The molecule has 1 saturated heterocycles. The van der Waals surface area contributed by atoms with Crippen LogP contribution in [0.1, 0.15) is 17.5 Å². The zero-order valence-corrected chi connectivity index (χ0v) is 11.6. The number of aliphatic hydroxyl groups is 1. The molecule has 1 aliphatic rings. The Morgan fingerprint density at radius 1 is 1.53 bits per heavy atom. The minimum Gasteiger partial charge on any atom is -0.481 e. The van der Waals surface area contributed by atoms with Gasteiger partial charge in [0.15, 0.2) is 0 Å². The molecule has 0 saturated carbocycles. The first-order valence-corrected chi connectivity index (χ1v) is 6.74. The molecule has 1 heterocycles. The van der Waals surface area contributed by atoms with E-state index in [1.165, 1.54) is 0 Å². The number of carboxylic acid groups (broad SMARTS) is 1. The molecule has 0 aromatic heterocycles. The van der Waals surface area contributed by atoms with Crippen molar-refractivity contribution in [1.29, 1.82) is 0 Å². The summed E-state index contributed by atoms with van der Waals surface area (Å²) in [5, 5.41) is 19.6. The number of rotatable bonds is 3. The number of nitrogens with zero attached hydrogens (tertiary/aromatic N) is 1. The van der Waals surface area contributed by atoms with Gasteiger partial charge in [0.1, 0.15) is 0 Å². The van der Waals surface area contributed by atoms with Crippen LogP contribution in [0.4, 0.5) is 0 Å². The molecule has 0 amide bonds. The summed E-state index contributed by atoms with van der Waals surface area (Å²) in [5.74, 6) is -1.57. The van der Waals surface area contributed by atoms with E-state index in [1.54, 1.807) is 0 Å².